The standard InChI is InChI=1S/C16H11Br2NO2/c1-21-14-4-2-3-13-15(14)12(8-19-13)16(20)9-5-10(17)7-11(18)6-9/h2-8,19H,1H3. The maximum atomic E-state index is 12.8. The Balaban J connectivity index is 2.18. The predicted octanol–water partition coefficient (Wildman–Crippen LogP) is 4.93. The van der Waals surface area contributed by atoms with Crippen LogP contribution < -0.4 is 4.74 Å². The summed E-state index contributed by atoms with van der Waals surface area (Å²) in [5.74, 6) is 0.638. The van der Waals surface area contributed by atoms with E-state index in [9.17, 15) is 4.79 Å². The van der Waals surface area contributed by atoms with Crippen LogP contribution in [0.25, 0.3) is 10.9 Å². The van der Waals surface area contributed by atoms with Crippen molar-refractivity contribution in [1.29, 1.82) is 0 Å². The Hall–Kier alpha value is -1.59. The molecule has 0 spiro atoms. The first kappa shape index (κ1) is 14.4. The van der Waals surface area contributed by atoms with E-state index >= 15 is 0 Å². The molecular formula is C16H11Br2NO2. The highest BCUT2D eigenvalue weighted by molar-refractivity contribution is 9.11. The summed E-state index contributed by atoms with van der Waals surface area (Å²) in [6.07, 6.45) is 1.73. The molecule has 2 aromatic carbocycles. The molecule has 0 bridgehead atoms. The van der Waals surface area contributed by atoms with Crippen LogP contribution >= 0.6 is 31.9 Å². The minimum atomic E-state index is -0.0484. The van der Waals surface area contributed by atoms with Crippen LogP contribution in [0.5, 0.6) is 5.75 Å². The number of halogens is 2. The van der Waals surface area contributed by atoms with E-state index in [2.05, 4.69) is 36.8 Å². The molecule has 1 aromatic heterocycles. The van der Waals surface area contributed by atoms with Crippen LogP contribution in [-0.2, 0) is 0 Å². The van der Waals surface area contributed by atoms with Crippen molar-refractivity contribution < 1.29 is 9.53 Å². The molecule has 0 atom stereocenters. The molecular weight excluding hydrogens is 398 g/mol. The van der Waals surface area contributed by atoms with E-state index in [4.69, 9.17) is 4.74 Å². The van der Waals surface area contributed by atoms with E-state index < -0.39 is 0 Å². The summed E-state index contributed by atoms with van der Waals surface area (Å²) in [4.78, 5) is 15.9. The lowest BCUT2D eigenvalue weighted by Gasteiger charge is -2.05. The molecule has 0 saturated heterocycles. The highest BCUT2D eigenvalue weighted by Crippen LogP contribution is 2.31. The van der Waals surface area contributed by atoms with Crippen molar-refractivity contribution in [2.75, 3.05) is 7.11 Å². The molecule has 3 rings (SSSR count). The van der Waals surface area contributed by atoms with Crippen molar-refractivity contribution >= 4 is 48.5 Å². The zero-order valence-corrected chi connectivity index (χ0v) is 14.3. The molecule has 0 aliphatic carbocycles. The number of ether oxygens (including phenoxy) is 1. The van der Waals surface area contributed by atoms with Gasteiger partial charge in [0.15, 0.2) is 5.78 Å². The number of hydrogen-bond donors (Lipinski definition) is 1. The van der Waals surface area contributed by atoms with Crippen LogP contribution in [0.4, 0.5) is 0 Å². The van der Waals surface area contributed by atoms with Crippen molar-refractivity contribution in [3.63, 3.8) is 0 Å². The van der Waals surface area contributed by atoms with Crippen molar-refractivity contribution in [3.8, 4) is 5.75 Å². The fourth-order valence-electron chi connectivity index (χ4n) is 2.34. The molecule has 0 saturated carbocycles. The van der Waals surface area contributed by atoms with Gasteiger partial charge in [-0.2, -0.15) is 0 Å². The summed E-state index contributed by atoms with van der Waals surface area (Å²) in [6, 6.07) is 11.2. The van der Waals surface area contributed by atoms with Crippen LogP contribution in [-0.4, -0.2) is 17.9 Å². The Kier molecular flexibility index (Phi) is 3.87. The van der Waals surface area contributed by atoms with Gasteiger partial charge in [0.2, 0.25) is 0 Å². The fraction of sp³-hybridized carbons (Fsp3) is 0.0625. The second-order valence-corrected chi connectivity index (χ2v) is 6.40. The van der Waals surface area contributed by atoms with Crippen molar-refractivity contribution in [3.05, 3.63) is 62.7 Å². The van der Waals surface area contributed by atoms with Gasteiger partial charge in [0.25, 0.3) is 0 Å². The molecule has 5 heteroatoms. The van der Waals surface area contributed by atoms with E-state index in [-0.39, 0.29) is 5.78 Å². The number of carbonyl (C=O) groups is 1. The quantitative estimate of drug-likeness (QED) is 0.624. The highest BCUT2D eigenvalue weighted by atomic mass is 79.9. The zero-order chi connectivity index (χ0) is 15.0. The van der Waals surface area contributed by atoms with Gasteiger partial charge in [-0.25, -0.2) is 0 Å². The maximum Gasteiger partial charge on any atom is 0.195 e. The molecule has 0 fully saturated rings. The van der Waals surface area contributed by atoms with Crippen molar-refractivity contribution in [1.82, 2.24) is 4.98 Å². The van der Waals surface area contributed by atoms with Gasteiger partial charge in [0.1, 0.15) is 5.75 Å². The molecule has 106 valence electrons. The lowest BCUT2D eigenvalue weighted by molar-refractivity contribution is 0.104. The molecule has 0 radical (unpaired) electrons. The van der Waals surface area contributed by atoms with Crippen LogP contribution in [0.15, 0.2) is 51.5 Å². The monoisotopic (exact) mass is 407 g/mol. The van der Waals surface area contributed by atoms with Gasteiger partial charge in [-0.1, -0.05) is 37.9 Å². The molecule has 0 unspecified atom stereocenters. The number of nitrogens with one attached hydrogen (secondary N) is 1. The van der Waals surface area contributed by atoms with Gasteiger partial charge in [0, 0.05) is 26.2 Å². The number of ketones is 1. The van der Waals surface area contributed by atoms with Gasteiger partial charge in [0.05, 0.1) is 18.1 Å². The lowest BCUT2D eigenvalue weighted by Crippen LogP contribution is -2.01. The molecule has 21 heavy (non-hydrogen) atoms. The SMILES string of the molecule is COc1cccc2[nH]cc(C(=O)c3cc(Br)cc(Br)c3)c12. The largest absolute Gasteiger partial charge is 0.496 e. The fourth-order valence-corrected chi connectivity index (χ4v) is 3.63. The number of methoxy groups -OCH3 is 1. The number of benzene rings is 2. The maximum absolute atomic E-state index is 12.8. The molecule has 3 aromatic rings. The van der Waals surface area contributed by atoms with Gasteiger partial charge in [-0.15, -0.1) is 0 Å². The van der Waals surface area contributed by atoms with E-state index in [0.29, 0.717) is 16.9 Å². The zero-order valence-electron chi connectivity index (χ0n) is 11.1. The van der Waals surface area contributed by atoms with Gasteiger partial charge < -0.3 is 9.72 Å². The topological polar surface area (TPSA) is 42.1 Å². The number of H-pyrrole nitrogens is 1. The summed E-state index contributed by atoms with van der Waals surface area (Å²) >= 11 is 6.82. The van der Waals surface area contributed by atoms with Gasteiger partial charge >= 0.3 is 0 Å². The number of rotatable bonds is 3. The Bertz CT molecular complexity index is 819. The van der Waals surface area contributed by atoms with Crippen molar-refractivity contribution in [2.45, 2.75) is 0 Å². The first-order valence-corrected chi connectivity index (χ1v) is 7.83. The smallest absolute Gasteiger partial charge is 0.195 e. The van der Waals surface area contributed by atoms with Gasteiger partial charge in [-0.05, 0) is 30.3 Å². The van der Waals surface area contributed by atoms with Crippen LogP contribution in [0.1, 0.15) is 15.9 Å². The summed E-state index contributed by atoms with van der Waals surface area (Å²) < 4.78 is 7.08. The molecule has 3 nitrogen and oxygen atoms in total. The third-order valence-corrected chi connectivity index (χ3v) is 4.17. The second kappa shape index (κ2) is 5.66. The first-order chi connectivity index (χ1) is 10.1. The molecule has 1 N–H and O–H groups in total. The molecule has 0 aliphatic rings. The third kappa shape index (κ3) is 2.63. The third-order valence-electron chi connectivity index (χ3n) is 3.26. The van der Waals surface area contributed by atoms with Gasteiger partial charge in [-0.3, -0.25) is 4.79 Å². The first-order valence-electron chi connectivity index (χ1n) is 6.25. The predicted molar refractivity (Wildman–Crippen MR) is 90.1 cm³/mol. The minimum absolute atomic E-state index is 0.0484. The highest BCUT2D eigenvalue weighted by Gasteiger charge is 2.17. The van der Waals surface area contributed by atoms with E-state index in [1.807, 2.05) is 24.3 Å². The summed E-state index contributed by atoms with van der Waals surface area (Å²) in [5.41, 5.74) is 2.10. The molecule has 1 heterocycles. The Labute approximate surface area is 138 Å². The number of hydrogen-bond acceptors (Lipinski definition) is 2. The van der Waals surface area contributed by atoms with Crippen LogP contribution in [0.3, 0.4) is 0 Å². The number of aromatic amines is 1. The average Bonchev–Trinajstić information content (AvgIpc) is 2.89. The van der Waals surface area contributed by atoms with Crippen molar-refractivity contribution in [2.24, 2.45) is 0 Å². The van der Waals surface area contributed by atoms with Crippen LogP contribution in [0, 0.1) is 0 Å². The summed E-state index contributed by atoms with van der Waals surface area (Å²) in [6.45, 7) is 0. The summed E-state index contributed by atoms with van der Waals surface area (Å²) in [7, 11) is 1.60. The normalized spacial score (nSPS) is 10.8. The Morgan fingerprint density at radius 3 is 2.52 bits per heavy atom. The van der Waals surface area contributed by atoms with Crippen LogP contribution in [0.2, 0.25) is 0 Å². The van der Waals surface area contributed by atoms with E-state index in [1.165, 1.54) is 0 Å². The Morgan fingerprint density at radius 2 is 1.86 bits per heavy atom. The van der Waals surface area contributed by atoms with E-state index in [0.717, 1.165) is 19.8 Å². The second-order valence-electron chi connectivity index (χ2n) is 4.57. The van der Waals surface area contributed by atoms with E-state index in [1.54, 1.807) is 25.4 Å². The lowest BCUT2D eigenvalue weighted by atomic mass is 10.0. The molecule has 0 aliphatic heterocycles. The Morgan fingerprint density at radius 1 is 1.14 bits per heavy atom. The number of carbonyl (C=O) groups excluding carboxylic acids is 1. The molecule has 0 amide bonds. The summed E-state index contributed by atoms with van der Waals surface area (Å²) in [5, 5.41) is 0.807. The number of aromatic nitrogens is 1. The average molecular weight is 409 g/mol. The minimum Gasteiger partial charge on any atom is -0.496 e. The number of fused-ring (bicyclic) bond motifs is 1.